The maximum atomic E-state index is 6.13. The first-order chi connectivity index (χ1) is 9.99. The van der Waals surface area contributed by atoms with Gasteiger partial charge in [0.05, 0.1) is 11.4 Å². The molecule has 0 fully saturated rings. The second kappa shape index (κ2) is 6.64. The van der Waals surface area contributed by atoms with Gasteiger partial charge >= 0.3 is 0 Å². The van der Waals surface area contributed by atoms with Gasteiger partial charge < -0.3 is 4.90 Å². The lowest BCUT2D eigenvalue weighted by Crippen LogP contribution is -2.16. The minimum absolute atomic E-state index is 0.715. The van der Waals surface area contributed by atoms with E-state index in [1.807, 2.05) is 81.6 Å². The Hall–Kier alpha value is -2.00. The van der Waals surface area contributed by atoms with E-state index in [0.717, 1.165) is 22.6 Å². The number of hydrogen-bond acceptors (Lipinski definition) is 3. The molecule has 0 unspecified atom stereocenters. The third kappa shape index (κ3) is 3.76. The van der Waals surface area contributed by atoms with Crippen molar-refractivity contribution in [1.29, 1.82) is 0 Å². The van der Waals surface area contributed by atoms with Gasteiger partial charge in [0.2, 0.25) is 0 Å². The highest BCUT2D eigenvalue weighted by Crippen LogP contribution is 2.24. The van der Waals surface area contributed by atoms with Crippen molar-refractivity contribution < 1.29 is 0 Å². The monoisotopic (exact) mass is 301 g/mol. The third-order valence-corrected chi connectivity index (χ3v) is 3.50. The van der Waals surface area contributed by atoms with Crippen LogP contribution in [0.5, 0.6) is 0 Å². The number of hydrazone groups is 1. The lowest BCUT2D eigenvalue weighted by molar-refractivity contribution is 1.01. The fraction of sp³-hybridized carbons (Fsp3) is 0.235. The Morgan fingerprint density at radius 2 is 1.67 bits per heavy atom. The molecule has 0 heterocycles. The molecule has 0 radical (unpaired) electrons. The van der Waals surface area contributed by atoms with Gasteiger partial charge in [-0.2, -0.15) is 5.10 Å². The largest absolute Gasteiger partial charge is 0.377 e. The van der Waals surface area contributed by atoms with Gasteiger partial charge in [-0.3, -0.25) is 5.01 Å². The molecule has 3 nitrogen and oxygen atoms in total. The molecule has 21 heavy (non-hydrogen) atoms. The van der Waals surface area contributed by atoms with Crippen molar-refractivity contribution in [1.82, 2.24) is 0 Å². The first kappa shape index (κ1) is 15.4. The topological polar surface area (TPSA) is 18.8 Å². The Morgan fingerprint density at radius 1 is 1.00 bits per heavy atom. The molecule has 2 rings (SSSR count). The van der Waals surface area contributed by atoms with Crippen LogP contribution in [0.4, 0.5) is 11.4 Å². The average Bonchev–Trinajstić information content (AvgIpc) is 2.47. The van der Waals surface area contributed by atoms with Gasteiger partial charge in [0.1, 0.15) is 0 Å². The average molecular weight is 302 g/mol. The van der Waals surface area contributed by atoms with E-state index >= 15 is 0 Å². The summed E-state index contributed by atoms with van der Waals surface area (Å²) in [6, 6.07) is 15.9. The number of halogens is 1. The maximum absolute atomic E-state index is 6.13. The van der Waals surface area contributed by atoms with Crippen LogP contribution in [0.25, 0.3) is 0 Å². The highest BCUT2D eigenvalue weighted by atomic mass is 35.5. The van der Waals surface area contributed by atoms with Crippen molar-refractivity contribution >= 4 is 28.7 Å². The number of nitrogens with zero attached hydrogens (tertiary/aromatic N) is 3. The van der Waals surface area contributed by atoms with Gasteiger partial charge in [0.25, 0.3) is 0 Å². The Labute approximate surface area is 131 Å². The fourth-order valence-corrected chi connectivity index (χ4v) is 2.34. The first-order valence-corrected chi connectivity index (χ1v) is 7.18. The molecule has 0 amide bonds. The minimum Gasteiger partial charge on any atom is -0.377 e. The SMILES string of the molecule is C/C(=N\N(C)c1ccccc1)c1cc(Cl)ccc1N(C)C. The van der Waals surface area contributed by atoms with Gasteiger partial charge in [0, 0.05) is 37.4 Å². The lowest BCUT2D eigenvalue weighted by Gasteiger charge is -2.19. The van der Waals surface area contributed by atoms with E-state index < -0.39 is 0 Å². The quantitative estimate of drug-likeness (QED) is 0.620. The van der Waals surface area contributed by atoms with Crippen LogP contribution in [0.2, 0.25) is 5.02 Å². The second-order valence-corrected chi connectivity index (χ2v) is 5.54. The first-order valence-electron chi connectivity index (χ1n) is 6.80. The summed E-state index contributed by atoms with van der Waals surface area (Å²) in [4.78, 5) is 2.06. The third-order valence-electron chi connectivity index (χ3n) is 3.26. The molecule has 110 valence electrons. The molecule has 0 atom stereocenters. The zero-order chi connectivity index (χ0) is 15.4. The molecule has 2 aromatic rings. The molecule has 0 saturated carbocycles. The Balaban J connectivity index is 2.37. The number of hydrogen-bond donors (Lipinski definition) is 0. The molecule has 0 spiro atoms. The summed E-state index contributed by atoms with van der Waals surface area (Å²) in [5.74, 6) is 0. The lowest BCUT2D eigenvalue weighted by atomic mass is 10.1. The van der Waals surface area contributed by atoms with Crippen LogP contribution < -0.4 is 9.91 Å². The second-order valence-electron chi connectivity index (χ2n) is 5.10. The minimum atomic E-state index is 0.715. The number of benzene rings is 2. The summed E-state index contributed by atoms with van der Waals surface area (Å²) < 4.78 is 0. The van der Waals surface area contributed by atoms with Crippen LogP contribution in [0, 0.1) is 0 Å². The van der Waals surface area contributed by atoms with Crippen molar-refractivity contribution in [3.63, 3.8) is 0 Å². The van der Waals surface area contributed by atoms with Crippen LogP contribution in [0.15, 0.2) is 53.6 Å². The number of anilines is 2. The predicted octanol–water partition coefficient (Wildman–Crippen LogP) is 4.27. The van der Waals surface area contributed by atoms with Crippen molar-refractivity contribution in [2.75, 3.05) is 31.1 Å². The molecule has 0 aromatic heterocycles. The molecule has 0 bridgehead atoms. The van der Waals surface area contributed by atoms with Crippen molar-refractivity contribution in [3.05, 3.63) is 59.1 Å². The summed E-state index contributed by atoms with van der Waals surface area (Å²) >= 11 is 6.13. The number of para-hydroxylation sites is 1. The van der Waals surface area contributed by atoms with Gasteiger partial charge in [-0.25, -0.2) is 0 Å². The summed E-state index contributed by atoms with van der Waals surface area (Å²) in [6.07, 6.45) is 0. The molecule has 0 aliphatic carbocycles. The van der Waals surface area contributed by atoms with E-state index in [2.05, 4.69) is 10.0 Å². The van der Waals surface area contributed by atoms with Crippen LogP contribution in [-0.2, 0) is 0 Å². The molecular formula is C17H20ClN3. The summed E-state index contributed by atoms with van der Waals surface area (Å²) in [5, 5.41) is 7.25. The standard InChI is InChI=1S/C17H20ClN3/c1-13(19-21(4)15-8-6-5-7-9-15)16-12-14(18)10-11-17(16)20(2)3/h5-12H,1-4H3/b19-13+. The Bertz CT molecular complexity index is 636. The van der Waals surface area contributed by atoms with E-state index in [-0.39, 0.29) is 0 Å². The van der Waals surface area contributed by atoms with Gasteiger partial charge in [0.15, 0.2) is 0 Å². The van der Waals surface area contributed by atoms with Crippen molar-refractivity contribution in [3.8, 4) is 0 Å². The zero-order valence-corrected chi connectivity index (χ0v) is 13.6. The predicted molar refractivity (Wildman–Crippen MR) is 92.8 cm³/mol. The van der Waals surface area contributed by atoms with Crippen LogP contribution in [0.1, 0.15) is 12.5 Å². The molecule has 0 aliphatic heterocycles. The summed E-state index contributed by atoms with van der Waals surface area (Å²) in [6.45, 7) is 2.00. The summed E-state index contributed by atoms with van der Waals surface area (Å²) in [5.41, 5.74) is 4.11. The maximum Gasteiger partial charge on any atom is 0.0672 e. The van der Waals surface area contributed by atoms with Crippen molar-refractivity contribution in [2.24, 2.45) is 5.10 Å². The van der Waals surface area contributed by atoms with Crippen LogP contribution in [-0.4, -0.2) is 26.9 Å². The Morgan fingerprint density at radius 3 is 2.29 bits per heavy atom. The highest BCUT2D eigenvalue weighted by molar-refractivity contribution is 6.31. The van der Waals surface area contributed by atoms with Crippen LogP contribution in [0.3, 0.4) is 0 Å². The van der Waals surface area contributed by atoms with E-state index in [1.165, 1.54) is 0 Å². The van der Waals surface area contributed by atoms with E-state index in [1.54, 1.807) is 0 Å². The van der Waals surface area contributed by atoms with Gasteiger partial charge in [-0.05, 0) is 37.3 Å². The summed E-state index contributed by atoms with van der Waals surface area (Å²) in [7, 11) is 5.97. The molecule has 0 N–H and O–H groups in total. The molecule has 0 saturated heterocycles. The van der Waals surface area contributed by atoms with Gasteiger partial charge in [-0.1, -0.05) is 29.8 Å². The molecule has 0 aliphatic rings. The van der Waals surface area contributed by atoms with Gasteiger partial charge in [-0.15, -0.1) is 0 Å². The van der Waals surface area contributed by atoms with Crippen LogP contribution >= 0.6 is 11.6 Å². The molecule has 4 heteroatoms. The highest BCUT2D eigenvalue weighted by Gasteiger charge is 2.09. The smallest absolute Gasteiger partial charge is 0.0672 e. The van der Waals surface area contributed by atoms with E-state index in [4.69, 9.17) is 11.6 Å². The Kier molecular flexibility index (Phi) is 4.86. The van der Waals surface area contributed by atoms with E-state index in [0.29, 0.717) is 5.02 Å². The normalized spacial score (nSPS) is 11.4. The van der Waals surface area contributed by atoms with Crippen molar-refractivity contribution in [2.45, 2.75) is 6.92 Å². The number of rotatable bonds is 4. The van der Waals surface area contributed by atoms with E-state index in [9.17, 15) is 0 Å². The molecular weight excluding hydrogens is 282 g/mol. The zero-order valence-electron chi connectivity index (χ0n) is 12.8. The molecule has 2 aromatic carbocycles. The fourth-order valence-electron chi connectivity index (χ4n) is 2.17.